The zero-order valence-corrected chi connectivity index (χ0v) is 21.8. The molecule has 3 fully saturated rings. The first-order chi connectivity index (χ1) is 18.7. The molecule has 12 heteroatoms. The minimum Gasteiger partial charge on any atom is -0.394 e. The van der Waals surface area contributed by atoms with Gasteiger partial charge in [0.15, 0.2) is 5.69 Å². The molecule has 0 bridgehead atoms. The summed E-state index contributed by atoms with van der Waals surface area (Å²) >= 11 is 0. The van der Waals surface area contributed by atoms with E-state index in [0.29, 0.717) is 69.1 Å². The van der Waals surface area contributed by atoms with Crippen molar-refractivity contribution in [1.82, 2.24) is 19.6 Å². The second-order valence-electron chi connectivity index (χ2n) is 10.9. The fourth-order valence-corrected chi connectivity index (χ4v) is 6.34. The number of morpholine rings is 1. The van der Waals surface area contributed by atoms with E-state index >= 15 is 0 Å². The van der Waals surface area contributed by atoms with Crippen molar-refractivity contribution in [3.63, 3.8) is 0 Å². The van der Waals surface area contributed by atoms with E-state index in [1.54, 1.807) is 20.5 Å². The highest BCUT2D eigenvalue weighted by atomic mass is 19.4. The van der Waals surface area contributed by atoms with E-state index in [9.17, 15) is 27.9 Å². The molecule has 0 spiro atoms. The van der Waals surface area contributed by atoms with Gasteiger partial charge >= 0.3 is 6.18 Å². The molecule has 2 aliphatic carbocycles. The highest BCUT2D eigenvalue weighted by Gasteiger charge is 2.50. The third-order valence-corrected chi connectivity index (χ3v) is 8.55. The number of amides is 2. The van der Waals surface area contributed by atoms with Crippen molar-refractivity contribution in [2.45, 2.75) is 44.5 Å². The van der Waals surface area contributed by atoms with Crippen LogP contribution in [0.1, 0.15) is 45.2 Å². The van der Waals surface area contributed by atoms with Crippen molar-refractivity contribution in [3.8, 4) is 0 Å². The normalized spacial score (nSPS) is 24.5. The molecule has 3 atom stereocenters. The summed E-state index contributed by atoms with van der Waals surface area (Å²) in [5, 5.41) is 14.1. The van der Waals surface area contributed by atoms with Gasteiger partial charge in [-0.3, -0.25) is 14.3 Å². The largest absolute Gasteiger partial charge is 0.416 e. The third-order valence-electron chi connectivity index (χ3n) is 8.55. The average molecular weight is 548 g/mol. The summed E-state index contributed by atoms with van der Waals surface area (Å²) in [7, 11) is 0. The van der Waals surface area contributed by atoms with Gasteiger partial charge in [0.1, 0.15) is 6.54 Å². The van der Waals surface area contributed by atoms with Gasteiger partial charge in [-0.15, -0.1) is 0 Å². The van der Waals surface area contributed by atoms with E-state index in [0.717, 1.165) is 30.2 Å². The smallest absolute Gasteiger partial charge is 0.394 e. The Morgan fingerprint density at radius 3 is 2.62 bits per heavy atom. The summed E-state index contributed by atoms with van der Waals surface area (Å²) in [6.07, 6.45) is -2.98. The van der Waals surface area contributed by atoms with Crippen LogP contribution in [0, 0.1) is 12.8 Å². The van der Waals surface area contributed by atoms with E-state index in [1.165, 1.54) is 13.0 Å². The fraction of sp³-hybridized carbons (Fsp3) is 0.593. The highest BCUT2D eigenvalue weighted by molar-refractivity contribution is 5.95. The Labute approximate surface area is 224 Å². The number of piperazine rings is 1. The number of anilines is 1. The molecule has 2 aliphatic heterocycles. The van der Waals surface area contributed by atoms with Gasteiger partial charge in [-0.25, -0.2) is 0 Å². The lowest BCUT2D eigenvalue weighted by molar-refractivity contribution is -0.138. The van der Waals surface area contributed by atoms with Gasteiger partial charge in [0.2, 0.25) is 5.91 Å². The monoisotopic (exact) mass is 547 g/mol. The molecule has 2 saturated heterocycles. The number of ether oxygens (including phenoxy) is 1. The van der Waals surface area contributed by atoms with Crippen molar-refractivity contribution in [1.29, 1.82) is 0 Å². The number of aliphatic hydroxyl groups excluding tert-OH is 1. The first kappa shape index (κ1) is 26.1. The molecule has 2 aromatic rings. The number of aromatic nitrogens is 2. The number of carbonyl (C=O) groups is 2. The summed E-state index contributed by atoms with van der Waals surface area (Å²) in [5.41, 5.74) is 2.42. The molecule has 1 N–H and O–H groups in total. The number of halogens is 3. The topological polar surface area (TPSA) is 91.1 Å². The van der Waals surface area contributed by atoms with E-state index in [1.807, 2.05) is 4.90 Å². The van der Waals surface area contributed by atoms with Crippen molar-refractivity contribution in [2.24, 2.45) is 5.92 Å². The van der Waals surface area contributed by atoms with Gasteiger partial charge in [0, 0.05) is 56.2 Å². The predicted octanol–water partition coefficient (Wildman–Crippen LogP) is 2.05. The van der Waals surface area contributed by atoms with E-state index in [2.05, 4.69) is 5.10 Å². The van der Waals surface area contributed by atoms with Crippen LogP contribution in [0.15, 0.2) is 18.2 Å². The SMILES string of the molecule is Cc1c(N2CCN(C(=O)Cn3nc(C(=O)N4CCO[C@@H](CO)C4)c4c3C[C@H]3C[C@@H]43)CC2)cccc1C(F)(F)F. The number of hydrogen-bond donors (Lipinski definition) is 1. The maximum absolute atomic E-state index is 13.4. The second kappa shape index (κ2) is 9.81. The molecule has 9 nitrogen and oxygen atoms in total. The van der Waals surface area contributed by atoms with Gasteiger partial charge in [-0.1, -0.05) is 6.07 Å². The van der Waals surface area contributed by atoms with Gasteiger partial charge in [-0.05, 0) is 49.3 Å². The molecule has 1 aromatic carbocycles. The van der Waals surface area contributed by atoms with E-state index < -0.39 is 17.8 Å². The number of carbonyl (C=O) groups excluding carboxylic acids is 2. The minimum absolute atomic E-state index is 0.0278. The number of nitrogens with zero attached hydrogens (tertiary/aromatic N) is 5. The quantitative estimate of drug-likeness (QED) is 0.617. The molecule has 2 amide bonds. The van der Waals surface area contributed by atoms with Crippen LogP contribution in [-0.4, -0.2) is 95.1 Å². The maximum Gasteiger partial charge on any atom is 0.416 e. The molecule has 1 saturated carbocycles. The highest BCUT2D eigenvalue weighted by Crippen LogP contribution is 2.57. The van der Waals surface area contributed by atoms with Crippen molar-refractivity contribution in [3.05, 3.63) is 46.3 Å². The molecule has 0 unspecified atom stereocenters. The van der Waals surface area contributed by atoms with Crippen molar-refractivity contribution >= 4 is 17.5 Å². The molecule has 39 heavy (non-hydrogen) atoms. The number of aliphatic hydroxyl groups is 1. The van der Waals surface area contributed by atoms with Gasteiger partial charge in [-0.2, -0.15) is 18.3 Å². The number of hydrogen-bond acceptors (Lipinski definition) is 6. The Morgan fingerprint density at radius 1 is 1.13 bits per heavy atom. The van der Waals surface area contributed by atoms with Gasteiger partial charge < -0.3 is 24.5 Å². The second-order valence-corrected chi connectivity index (χ2v) is 10.9. The predicted molar refractivity (Wildman–Crippen MR) is 134 cm³/mol. The van der Waals surface area contributed by atoms with Crippen molar-refractivity contribution in [2.75, 3.05) is 57.4 Å². The van der Waals surface area contributed by atoms with Crippen LogP contribution in [0.5, 0.6) is 0 Å². The van der Waals surface area contributed by atoms with Crippen LogP contribution in [0.3, 0.4) is 0 Å². The van der Waals surface area contributed by atoms with Crippen LogP contribution in [-0.2, 0) is 28.7 Å². The van der Waals surface area contributed by atoms with E-state index in [4.69, 9.17) is 4.74 Å². The van der Waals surface area contributed by atoms with Crippen LogP contribution >= 0.6 is 0 Å². The lowest BCUT2D eigenvalue weighted by Gasteiger charge is -2.37. The Kier molecular flexibility index (Phi) is 6.57. The summed E-state index contributed by atoms with van der Waals surface area (Å²) in [5.74, 6) is 0.514. The average Bonchev–Trinajstić information content (AvgIpc) is 3.45. The number of alkyl halides is 3. The standard InChI is InChI=1S/C27H32F3N5O4/c1-16-20(27(28,29)30)3-2-4-21(16)32-5-7-33(8-6-32)23(37)14-35-22-12-17-11-19(17)24(22)25(31-35)26(38)34-9-10-39-18(13-34)15-36/h2-4,17-19,36H,5-15H2,1H3/t17-,18-,19-/m1/s1. The summed E-state index contributed by atoms with van der Waals surface area (Å²) in [4.78, 5) is 32.0. The molecule has 4 aliphatic rings. The number of rotatable bonds is 5. The first-order valence-corrected chi connectivity index (χ1v) is 13.5. The minimum atomic E-state index is -4.41. The zero-order valence-electron chi connectivity index (χ0n) is 21.8. The number of benzene rings is 1. The van der Waals surface area contributed by atoms with Crippen molar-refractivity contribution < 1.29 is 32.6 Å². The summed E-state index contributed by atoms with van der Waals surface area (Å²) in [6, 6.07) is 4.20. The molecule has 0 radical (unpaired) electrons. The Balaban J connectivity index is 1.14. The van der Waals surface area contributed by atoms with E-state index in [-0.39, 0.29) is 30.5 Å². The lowest BCUT2D eigenvalue weighted by Crippen LogP contribution is -2.50. The Hall–Kier alpha value is -3.12. The molecule has 210 valence electrons. The molecule has 3 heterocycles. The van der Waals surface area contributed by atoms with Gasteiger partial charge in [0.05, 0.1) is 24.9 Å². The van der Waals surface area contributed by atoms with Crippen LogP contribution in [0.25, 0.3) is 0 Å². The Bertz CT molecular complexity index is 1290. The number of fused-ring (bicyclic) bond motifs is 3. The molecule has 6 rings (SSSR count). The Morgan fingerprint density at radius 2 is 1.90 bits per heavy atom. The third kappa shape index (κ3) is 4.77. The maximum atomic E-state index is 13.4. The zero-order chi connectivity index (χ0) is 27.5. The lowest BCUT2D eigenvalue weighted by atomic mass is 10.0. The van der Waals surface area contributed by atoms with Gasteiger partial charge in [0.25, 0.3) is 5.91 Å². The van der Waals surface area contributed by atoms with Crippen LogP contribution < -0.4 is 4.90 Å². The van der Waals surface area contributed by atoms with Crippen LogP contribution in [0.4, 0.5) is 18.9 Å². The summed E-state index contributed by atoms with van der Waals surface area (Å²) in [6.45, 7) is 4.10. The molecule has 1 aromatic heterocycles. The van der Waals surface area contributed by atoms with Crippen LogP contribution in [0.2, 0.25) is 0 Å². The fourth-order valence-electron chi connectivity index (χ4n) is 6.34. The summed E-state index contributed by atoms with van der Waals surface area (Å²) < 4.78 is 47.3. The first-order valence-electron chi connectivity index (χ1n) is 13.5. The molecular weight excluding hydrogens is 515 g/mol. The molecular formula is C27H32F3N5O4.